The van der Waals surface area contributed by atoms with E-state index < -0.39 is 0 Å². The molecule has 4 nitrogen and oxygen atoms in total. The quantitative estimate of drug-likeness (QED) is 0.916. The van der Waals surface area contributed by atoms with Crippen LogP contribution in [0.4, 0.5) is 5.00 Å². The Labute approximate surface area is 127 Å². The number of ether oxygens (including phenoxy) is 2. The van der Waals surface area contributed by atoms with Crippen LogP contribution in [0.1, 0.15) is 29.1 Å². The number of aryl methyl sites for hydroxylation is 1. The summed E-state index contributed by atoms with van der Waals surface area (Å²) in [6.45, 7) is 1.37. The first-order valence-corrected chi connectivity index (χ1v) is 8.01. The molecule has 5 heteroatoms. The molecule has 1 aromatic heterocycles. The lowest BCUT2D eigenvalue weighted by atomic mass is 10.2. The summed E-state index contributed by atoms with van der Waals surface area (Å²) in [4.78, 5) is 4.71. The lowest BCUT2D eigenvalue weighted by Gasteiger charge is -1.97. The Morgan fingerprint density at radius 2 is 2.10 bits per heavy atom. The monoisotopic (exact) mass is 300 g/mol. The van der Waals surface area contributed by atoms with Gasteiger partial charge in [0.05, 0.1) is 5.69 Å². The molecule has 0 atom stereocenters. The minimum atomic E-state index is 0.313. The highest BCUT2D eigenvalue weighted by Gasteiger charge is 2.13. The highest BCUT2D eigenvalue weighted by Crippen LogP contribution is 2.33. The molecule has 108 valence electrons. The van der Waals surface area contributed by atoms with E-state index in [0.717, 1.165) is 35.0 Å². The Balaban J connectivity index is 1.55. The number of nitrogens with one attached hydrogen (secondary N) is 1. The molecular formula is C16H16N2O2S. The summed E-state index contributed by atoms with van der Waals surface area (Å²) >= 11 is 1.73. The molecular weight excluding hydrogens is 284 g/mol. The summed E-state index contributed by atoms with van der Waals surface area (Å²) in [5, 5.41) is 5.75. The van der Waals surface area contributed by atoms with Gasteiger partial charge in [0.1, 0.15) is 10.0 Å². The van der Waals surface area contributed by atoms with E-state index in [0.29, 0.717) is 6.79 Å². The first kappa shape index (κ1) is 12.7. The predicted molar refractivity (Wildman–Crippen MR) is 85.0 cm³/mol. The average molecular weight is 300 g/mol. The van der Waals surface area contributed by atoms with Crippen LogP contribution in [0.3, 0.4) is 0 Å². The Hall–Kier alpha value is -2.01. The molecule has 2 aromatic rings. The molecule has 3 heterocycles. The zero-order chi connectivity index (χ0) is 14.1. The molecule has 0 fully saturated rings. The zero-order valence-corrected chi connectivity index (χ0v) is 12.4. The van der Waals surface area contributed by atoms with Crippen molar-refractivity contribution in [3.8, 4) is 11.5 Å². The molecule has 4 rings (SSSR count). The molecule has 1 aromatic carbocycles. The van der Waals surface area contributed by atoms with E-state index in [-0.39, 0.29) is 0 Å². The van der Waals surface area contributed by atoms with E-state index in [1.54, 1.807) is 11.3 Å². The second-order valence-electron chi connectivity index (χ2n) is 5.16. The highest BCUT2D eigenvalue weighted by molar-refractivity contribution is 7.16. The molecule has 0 radical (unpaired) electrons. The molecule has 2 aliphatic heterocycles. The first-order valence-electron chi connectivity index (χ1n) is 7.20. The maximum atomic E-state index is 5.39. The number of thiazole rings is 1. The van der Waals surface area contributed by atoms with Gasteiger partial charge in [-0.15, -0.1) is 0 Å². The molecule has 0 saturated heterocycles. The largest absolute Gasteiger partial charge is 0.454 e. The van der Waals surface area contributed by atoms with E-state index in [1.807, 2.05) is 18.2 Å². The van der Waals surface area contributed by atoms with Crippen molar-refractivity contribution in [3.05, 3.63) is 34.5 Å². The summed E-state index contributed by atoms with van der Waals surface area (Å²) in [5.41, 5.74) is 2.31. The second-order valence-corrected chi connectivity index (χ2v) is 6.19. The van der Waals surface area contributed by atoms with Crippen molar-refractivity contribution in [2.75, 3.05) is 18.7 Å². The fourth-order valence-electron chi connectivity index (χ4n) is 2.55. The summed E-state index contributed by atoms with van der Waals surface area (Å²) in [5.74, 6) is 1.63. The Kier molecular flexibility index (Phi) is 3.27. The maximum Gasteiger partial charge on any atom is 0.231 e. The van der Waals surface area contributed by atoms with Crippen LogP contribution in [0, 0.1) is 0 Å². The van der Waals surface area contributed by atoms with Gasteiger partial charge in [0.2, 0.25) is 6.79 Å². The Bertz CT molecular complexity index is 670. The summed E-state index contributed by atoms with van der Waals surface area (Å²) in [6.07, 6.45) is 7.66. The van der Waals surface area contributed by atoms with Gasteiger partial charge in [0, 0.05) is 6.54 Å². The van der Waals surface area contributed by atoms with E-state index in [2.05, 4.69) is 17.5 Å². The van der Waals surface area contributed by atoms with Crippen LogP contribution in [-0.2, 0) is 6.42 Å². The number of fused-ring (bicyclic) bond motifs is 2. The topological polar surface area (TPSA) is 43.4 Å². The van der Waals surface area contributed by atoms with Crippen LogP contribution < -0.4 is 14.8 Å². The van der Waals surface area contributed by atoms with Crippen LogP contribution in [0.2, 0.25) is 0 Å². The average Bonchev–Trinajstić information content (AvgIpc) is 3.06. The van der Waals surface area contributed by atoms with Crippen molar-refractivity contribution in [3.63, 3.8) is 0 Å². The van der Waals surface area contributed by atoms with Gasteiger partial charge < -0.3 is 14.8 Å². The minimum Gasteiger partial charge on any atom is -0.454 e. The molecule has 0 amide bonds. The van der Waals surface area contributed by atoms with Gasteiger partial charge in [-0.25, -0.2) is 4.98 Å². The Morgan fingerprint density at radius 1 is 1.14 bits per heavy atom. The van der Waals surface area contributed by atoms with Gasteiger partial charge in [0.15, 0.2) is 11.5 Å². The third kappa shape index (κ3) is 2.61. The normalized spacial score (nSPS) is 16.6. The molecule has 2 aliphatic rings. The molecule has 0 aliphatic carbocycles. The second kappa shape index (κ2) is 5.41. The standard InChI is InChI=1S/C16H16N2O2S/c1-2-8-17-16-12(3-1)18-15(21-16)7-5-11-4-6-13-14(9-11)20-10-19-13/h4-7,9,17H,1-3,8,10H2/b7-5+. The summed E-state index contributed by atoms with van der Waals surface area (Å²) in [6, 6.07) is 5.97. The maximum absolute atomic E-state index is 5.39. The molecule has 0 bridgehead atoms. The van der Waals surface area contributed by atoms with Gasteiger partial charge in [-0.3, -0.25) is 0 Å². The summed E-state index contributed by atoms with van der Waals surface area (Å²) < 4.78 is 10.7. The number of benzene rings is 1. The fourth-order valence-corrected chi connectivity index (χ4v) is 3.49. The molecule has 0 unspecified atom stereocenters. The Morgan fingerprint density at radius 3 is 3.10 bits per heavy atom. The first-order chi connectivity index (χ1) is 10.4. The molecule has 21 heavy (non-hydrogen) atoms. The number of rotatable bonds is 2. The van der Waals surface area contributed by atoms with Crippen LogP contribution in [-0.4, -0.2) is 18.3 Å². The number of anilines is 1. The van der Waals surface area contributed by atoms with Crippen molar-refractivity contribution in [2.45, 2.75) is 19.3 Å². The van der Waals surface area contributed by atoms with Gasteiger partial charge >= 0.3 is 0 Å². The molecule has 0 saturated carbocycles. The number of nitrogens with zero attached hydrogens (tertiary/aromatic N) is 1. The van der Waals surface area contributed by atoms with Crippen molar-refractivity contribution in [2.24, 2.45) is 0 Å². The number of aromatic nitrogens is 1. The third-order valence-corrected chi connectivity index (χ3v) is 4.68. The van der Waals surface area contributed by atoms with Gasteiger partial charge in [0.25, 0.3) is 0 Å². The van der Waals surface area contributed by atoms with E-state index in [9.17, 15) is 0 Å². The van der Waals surface area contributed by atoms with Gasteiger partial charge in [-0.05, 0) is 43.0 Å². The number of hydrogen-bond donors (Lipinski definition) is 1. The van der Waals surface area contributed by atoms with Crippen LogP contribution in [0.25, 0.3) is 12.2 Å². The number of hydrogen-bond acceptors (Lipinski definition) is 5. The molecule has 0 spiro atoms. The smallest absolute Gasteiger partial charge is 0.231 e. The van der Waals surface area contributed by atoms with E-state index in [4.69, 9.17) is 14.5 Å². The van der Waals surface area contributed by atoms with Crippen molar-refractivity contribution >= 4 is 28.5 Å². The lowest BCUT2D eigenvalue weighted by Crippen LogP contribution is -1.96. The lowest BCUT2D eigenvalue weighted by molar-refractivity contribution is 0.174. The predicted octanol–water partition coefficient (Wildman–Crippen LogP) is 3.79. The summed E-state index contributed by atoms with van der Waals surface area (Å²) in [7, 11) is 0. The van der Waals surface area contributed by atoms with Crippen LogP contribution >= 0.6 is 11.3 Å². The van der Waals surface area contributed by atoms with Crippen molar-refractivity contribution in [1.29, 1.82) is 0 Å². The highest BCUT2D eigenvalue weighted by atomic mass is 32.1. The van der Waals surface area contributed by atoms with E-state index >= 15 is 0 Å². The van der Waals surface area contributed by atoms with Crippen molar-refractivity contribution < 1.29 is 9.47 Å². The van der Waals surface area contributed by atoms with Gasteiger partial charge in [-0.2, -0.15) is 0 Å². The van der Waals surface area contributed by atoms with Crippen molar-refractivity contribution in [1.82, 2.24) is 4.98 Å². The fraction of sp³-hybridized carbons (Fsp3) is 0.312. The minimum absolute atomic E-state index is 0.313. The third-order valence-electron chi connectivity index (χ3n) is 3.65. The molecule has 1 N–H and O–H groups in total. The van der Waals surface area contributed by atoms with Gasteiger partial charge in [-0.1, -0.05) is 23.5 Å². The SMILES string of the molecule is C(=C\c1nc2c(s1)NCCCC2)/c1ccc2c(c1)OCO2. The van der Waals surface area contributed by atoms with Crippen LogP contribution in [0.15, 0.2) is 18.2 Å². The van der Waals surface area contributed by atoms with E-state index in [1.165, 1.54) is 23.5 Å². The zero-order valence-electron chi connectivity index (χ0n) is 11.6. The van der Waals surface area contributed by atoms with Crippen LogP contribution in [0.5, 0.6) is 11.5 Å².